The zero-order valence-electron chi connectivity index (χ0n) is 11.5. The Morgan fingerprint density at radius 2 is 2.00 bits per heavy atom. The van der Waals surface area contributed by atoms with E-state index in [9.17, 15) is 5.11 Å². The molecule has 0 saturated heterocycles. The van der Waals surface area contributed by atoms with Gasteiger partial charge in [-0.05, 0) is 37.5 Å². The Bertz CT molecular complexity index is 268. The molecule has 0 bridgehead atoms. The van der Waals surface area contributed by atoms with Gasteiger partial charge in [-0.25, -0.2) is 0 Å². The van der Waals surface area contributed by atoms with Gasteiger partial charge < -0.3 is 10.8 Å². The molecule has 0 aromatic carbocycles. The largest absolute Gasteiger partial charge is 0.389 e. The van der Waals surface area contributed by atoms with E-state index < -0.39 is 5.60 Å². The van der Waals surface area contributed by atoms with Gasteiger partial charge in [0.15, 0.2) is 0 Å². The second-order valence-corrected chi connectivity index (χ2v) is 6.73. The average Bonchev–Trinajstić information content (AvgIpc) is 2.73. The lowest BCUT2D eigenvalue weighted by Gasteiger charge is -2.49. The molecule has 100 valence electrons. The molecule has 2 rings (SSSR count). The SMILES string of the molecule is CCC1CCCC(O)(C2(CN)CCC(C)C2)C1. The molecule has 4 unspecified atom stereocenters. The summed E-state index contributed by atoms with van der Waals surface area (Å²) in [7, 11) is 0. The Morgan fingerprint density at radius 1 is 1.24 bits per heavy atom. The van der Waals surface area contributed by atoms with Crippen molar-refractivity contribution in [2.24, 2.45) is 23.0 Å². The number of aliphatic hydroxyl groups is 1. The molecule has 2 nitrogen and oxygen atoms in total. The molecular formula is C15H29NO. The summed E-state index contributed by atoms with van der Waals surface area (Å²) < 4.78 is 0. The van der Waals surface area contributed by atoms with Gasteiger partial charge in [-0.2, -0.15) is 0 Å². The van der Waals surface area contributed by atoms with E-state index >= 15 is 0 Å². The fourth-order valence-electron chi connectivity index (χ4n) is 4.39. The van der Waals surface area contributed by atoms with Crippen molar-refractivity contribution in [3.63, 3.8) is 0 Å². The van der Waals surface area contributed by atoms with Crippen LogP contribution in [0.4, 0.5) is 0 Å². The van der Waals surface area contributed by atoms with Crippen LogP contribution in [0.1, 0.15) is 65.2 Å². The zero-order chi connectivity index (χ0) is 12.5. The van der Waals surface area contributed by atoms with Crippen molar-refractivity contribution in [1.82, 2.24) is 0 Å². The topological polar surface area (TPSA) is 46.2 Å². The molecule has 2 heteroatoms. The van der Waals surface area contributed by atoms with E-state index in [2.05, 4.69) is 13.8 Å². The Kier molecular flexibility index (Phi) is 3.84. The summed E-state index contributed by atoms with van der Waals surface area (Å²) in [6.45, 7) is 5.23. The fourth-order valence-corrected chi connectivity index (χ4v) is 4.39. The average molecular weight is 239 g/mol. The van der Waals surface area contributed by atoms with Gasteiger partial charge in [0.1, 0.15) is 0 Å². The summed E-state index contributed by atoms with van der Waals surface area (Å²) in [5.41, 5.74) is 5.64. The van der Waals surface area contributed by atoms with Crippen molar-refractivity contribution in [2.75, 3.05) is 6.54 Å². The normalized spacial score (nSPS) is 47.3. The van der Waals surface area contributed by atoms with Crippen molar-refractivity contribution in [3.8, 4) is 0 Å². The molecule has 0 amide bonds. The van der Waals surface area contributed by atoms with Gasteiger partial charge in [-0.1, -0.05) is 39.5 Å². The molecule has 0 aromatic rings. The summed E-state index contributed by atoms with van der Waals surface area (Å²) in [5, 5.41) is 11.2. The van der Waals surface area contributed by atoms with Crippen LogP contribution in [0.25, 0.3) is 0 Å². The number of rotatable bonds is 3. The fraction of sp³-hybridized carbons (Fsp3) is 1.00. The van der Waals surface area contributed by atoms with Crippen LogP contribution in [0.15, 0.2) is 0 Å². The van der Waals surface area contributed by atoms with E-state index in [0.29, 0.717) is 12.5 Å². The van der Waals surface area contributed by atoms with E-state index in [1.807, 2.05) is 0 Å². The first kappa shape index (κ1) is 13.4. The second-order valence-electron chi connectivity index (χ2n) is 6.73. The van der Waals surface area contributed by atoms with Crippen molar-refractivity contribution >= 4 is 0 Å². The third-order valence-electron chi connectivity index (χ3n) is 5.64. The quantitative estimate of drug-likeness (QED) is 0.795. The highest BCUT2D eigenvalue weighted by Crippen LogP contribution is 2.54. The first-order valence-corrected chi connectivity index (χ1v) is 7.48. The van der Waals surface area contributed by atoms with E-state index in [1.165, 1.54) is 25.7 Å². The van der Waals surface area contributed by atoms with Crippen LogP contribution in [0.3, 0.4) is 0 Å². The van der Waals surface area contributed by atoms with E-state index in [1.54, 1.807) is 0 Å². The second kappa shape index (κ2) is 4.89. The van der Waals surface area contributed by atoms with Crippen molar-refractivity contribution in [1.29, 1.82) is 0 Å². The van der Waals surface area contributed by atoms with Crippen LogP contribution in [0.2, 0.25) is 0 Å². The number of hydrogen-bond acceptors (Lipinski definition) is 2. The Morgan fingerprint density at radius 3 is 2.53 bits per heavy atom. The smallest absolute Gasteiger partial charge is 0.0718 e. The van der Waals surface area contributed by atoms with Crippen LogP contribution in [-0.4, -0.2) is 17.3 Å². The predicted molar refractivity (Wildman–Crippen MR) is 71.7 cm³/mol. The van der Waals surface area contributed by atoms with E-state index in [-0.39, 0.29) is 5.41 Å². The van der Waals surface area contributed by atoms with Crippen molar-refractivity contribution in [2.45, 2.75) is 70.8 Å². The van der Waals surface area contributed by atoms with Crippen LogP contribution < -0.4 is 5.73 Å². The Hall–Kier alpha value is -0.0800. The number of nitrogens with two attached hydrogens (primary N) is 1. The molecular weight excluding hydrogens is 210 g/mol. The van der Waals surface area contributed by atoms with Crippen LogP contribution in [0, 0.1) is 17.3 Å². The molecule has 0 spiro atoms. The maximum Gasteiger partial charge on any atom is 0.0718 e. The molecule has 2 fully saturated rings. The van der Waals surface area contributed by atoms with Gasteiger partial charge in [0, 0.05) is 12.0 Å². The lowest BCUT2D eigenvalue weighted by molar-refractivity contribution is -0.117. The Labute approximate surface area is 106 Å². The summed E-state index contributed by atoms with van der Waals surface area (Å²) in [6, 6.07) is 0. The van der Waals surface area contributed by atoms with Crippen LogP contribution in [0.5, 0.6) is 0 Å². The summed E-state index contributed by atoms with van der Waals surface area (Å²) in [6.07, 6.45) is 9.18. The molecule has 2 saturated carbocycles. The van der Waals surface area contributed by atoms with Gasteiger partial charge in [0.05, 0.1) is 5.60 Å². The summed E-state index contributed by atoms with van der Waals surface area (Å²) in [5.74, 6) is 1.46. The van der Waals surface area contributed by atoms with Crippen LogP contribution >= 0.6 is 0 Å². The zero-order valence-corrected chi connectivity index (χ0v) is 11.5. The minimum Gasteiger partial charge on any atom is -0.389 e. The molecule has 0 heterocycles. The first-order chi connectivity index (χ1) is 8.05. The minimum absolute atomic E-state index is 0.0280. The highest BCUT2D eigenvalue weighted by atomic mass is 16.3. The van der Waals surface area contributed by atoms with Gasteiger partial charge in [-0.3, -0.25) is 0 Å². The predicted octanol–water partition coefficient (Wildman–Crippen LogP) is 3.08. The third kappa shape index (κ3) is 2.26. The van der Waals surface area contributed by atoms with E-state index in [4.69, 9.17) is 5.73 Å². The highest BCUT2D eigenvalue weighted by Gasteiger charge is 2.53. The highest BCUT2D eigenvalue weighted by molar-refractivity contribution is 5.05. The summed E-state index contributed by atoms with van der Waals surface area (Å²) in [4.78, 5) is 0. The molecule has 0 aromatic heterocycles. The molecule has 2 aliphatic rings. The van der Waals surface area contributed by atoms with Crippen molar-refractivity contribution < 1.29 is 5.11 Å². The maximum atomic E-state index is 11.2. The summed E-state index contributed by atoms with van der Waals surface area (Å²) >= 11 is 0. The first-order valence-electron chi connectivity index (χ1n) is 7.48. The molecule has 17 heavy (non-hydrogen) atoms. The minimum atomic E-state index is -0.467. The third-order valence-corrected chi connectivity index (χ3v) is 5.64. The Balaban J connectivity index is 2.17. The van der Waals surface area contributed by atoms with Crippen molar-refractivity contribution in [3.05, 3.63) is 0 Å². The maximum absolute atomic E-state index is 11.2. The molecule has 0 radical (unpaired) electrons. The molecule has 0 aliphatic heterocycles. The lowest BCUT2D eigenvalue weighted by Crippen LogP contribution is -2.53. The molecule has 2 aliphatic carbocycles. The number of hydrogen-bond donors (Lipinski definition) is 2. The van der Waals surface area contributed by atoms with Crippen LogP contribution in [-0.2, 0) is 0 Å². The molecule has 3 N–H and O–H groups in total. The monoisotopic (exact) mass is 239 g/mol. The van der Waals surface area contributed by atoms with Gasteiger partial charge in [0.25, 0.3) is 0 Å². The van der Waals surface area contributed by atoms with Gasteiger partial charge in [-0.15, -0.1) is 0 Å². The van der Waals surface area contributed by atoms with Gasteiger partial charge in [0.2, 0.25) is 0 Å². The van der Waals surface area contributed by atoms with E-state index in [0.717, 1.165) is 31.6 Å². The van der Waals surface area contributed by atoms with Gasteiger partial charge >= 0.3 is 0 Å². The lowest BCUT2D eigenvalue weighted by atomic mass is 9.61. The standard InChI is InChI=1S/C15H29NO/c1-3-13-5-4-7-15(17,10-13)14(11-16)8-6-12(2)9-14/h12-13,17H,3-11,16H2,1-2H3. The molecule has 4 atom stereocenters.